The van der Waals surface area contributed by atoms with Crippen LogP contribution in [0.1, 0.15) is 5.82 Å². The average Bonchev–Trinajstić information content (AvgIpc) is 2.78. The molecule has 4 rings (SSSR count). The fraction of sp³-hybridized carbons (Fsp3) is 0.238. The molecule has 2 heterocycles. The van der Waals surface area contributed by atoms with Crippen LogP contribution in [0.25, 0.3) is 22.4 Å². The molecule has 1 fully saturated rings. The Kier molecular flexibility index (Phi) is 7.46. The molecule has 3 N–H and O–H groups in total. The molecule has 7 nitrogen and oxygen atoms in total. The number of sulfonamides is 1. The first-order valence-electron chi connectivity index (χ1n) is 9.88. The van der Waals surface area contributed by atoms with Gasteiger partial charge in [0, 0.05) is 31.7 Å². The van der Waals surface area contributed by atoms with Crippen LogP contribution < -0.4 is 15.4 Å². The molecule has 182 valence electrons. The van der Waals surface area contributed by atoms with E-state index in [1.54, 1.807) is 4.90 Å². The fourth-order valence-corrected chi connectivity index (χ4v) is 4.09. The largest absolute Gasteiger partial charge is 0.451 e. The van der Waals surface area contributed by atoms with Crippen molar-refractivity contribution in [2.75, 3.05) is 31.1 Å². The van der Waals surface area contributed by atoms with E-state index in [1.807, 2.05) is 0 Å². The van der Waals surface area contributed by atoms with Crippen molar-refractivity contribution in [1.82, 2.24) is 15.3 Å². The standard InChI is InChI=1S/C21H19F4N5O2S.ClH/c22-15-5-1-14(2-6-15)18-17(13-3-7-16(8-4-13)33(26,31)32)19(30-11-9-27-10-12-30)29-20(28-18)21(23,24)25;/h1-8,27H,9-12H2,(H2,26,31,32);1H. The third kappa shape index (κ3) is 5.46. The zero-order valence-electron chi connectivity index (χ0n) is 17.5. The number of aromatic nitrogens is 2. The quantitative estimate of drug-likeness (QED) is 0.514. The van der Waals surface area contributed by atoms with Crippen LogP contribution in [-0.4, -0.2) is 44.6 Å². The minimum Gasteiger partial charge on any atom is -0.353 e. The van der Waals surface area contributed by atoms with Crippen molar-refractivity contribution < 1.29 is 26.0 Å². The second-order valence-corrected chi connectivity index (χ2v) is 8.97. The van der Waals surface area contributed by atoms with Gasteiger partial charge in [-0.25, -0.2) is 27.9 Å². The lowest BCUT2D eigenvalue weighted by molar-refractivity contribution is -0.144. The van der Waals surface area contributed by atoms with E-state index in [0.29, 0.717) is 31.7 Å². The molecule has 0 spiro atoms. The second kappa shape index (κ2) is 9.82. The van der Waals surface area contributed by atoms with E-state index in [4.69, 9.17) is 5.14 Å². The molecule has 1 saturated heterocycles. The highest BCUT2D eigenvalue weighted by Crippen LogP contribution is 2.40. The maximum atomic E-state index is 13.7. The van der Waals surface area contributed by atoms with E-state index < -0.39 is 27.8 Å². The molecule has 34 heavy (non-hydrogen) atoms. The van der Waals surface area contributed by atoms with Gasteiger partial charge in [0.1, 0.15) is 11.6 Å². The van der Waals surface area contributed by atoms with Crippen LogP contribution in [-0.2, 0) is 16.2 Å². The van der Waals surface area contributed by atoms with Crippen LogP contribution >= 0.6 is 12.4 Å². The molecular formula is C21H20ClF4N5O2S. The normalized spacial score (nSPS) is 14.6. The number of hydrogen-bond acceptors (Lipinski definition) is 6. The summed E-state index contributed by atoms with van der Waals surface area (Å²) >= 11 is 0. The Bertz CT molecular complexity index is 1260. The molecule has 1 aliphatic heterocycles. The summed E-state index contributed by atoms with van der Waals surface area (Å²) in [6, 6.07) is 10.3. The molecule has 1 aliphatic rings. The second-order valence-electron chi connectivity index (χ2n) is 7.41. The molecule has 0 unspecified atom stereocenters. The Morgan fingerprint density at radius 1 is 0.912 bits per heavy atom. The van der Waals surface area contributed by atoms with E-state index in [9.17, 15) is 26.0 Å². The number of benzene rings is 2. The van der Waals surface area contributed by atoms with Crippen LogP contribution in [0.15, 0.2) is 53.4 Å². The average molecular weight is 518 g/mol. The Labute approximate surface area is 199 Å². The van der Waals surface area contributed by atoms with Crippen LogP contribution in [0, 0.1) is 5.82 Å². The highest BCUT2D eigenvalue weighted by atomic mass is 35.5. The van der Waals surface area contributed by atoms with Crippen LogP contribution in [0.4, 0.5) is 23.4 Å². The zero-order valence-corrected chi connectivity index (χ0v) is 19.1. The number of nitrogens with two attached hydrogens (primary N) is 1. The first-order valence-corrected chi connectivity index (χ1v) is 11.4. The van der Waals surface area contributed by atoms with Crippen molar-refractivity contribution >= 4 is 28.2 Å². The summed E-state index contributed by atoms with van der Waals surface area (Å²) in [5.74, 6) is -1.81. The van der Waals surface area contributed by atoms with Gasteiger partial charge in [0.05, 0.1) is 16.2 Å². The summed E-state index contributed by atoms with van der Waals surface area (Å²) in [4.78, 5) is 9.23. The van der Waals surface area contributed by atoms with Crippen LogP contribution in [0.5, 0.6) is 0 Å². The number of nitrogens with zero attached hydrogens (tertiary/aromatic N) is 3. The summed E-state index contributed by atoms with van der Waals surface area (Å²) in [5, 5.41) is 8.30. The number of piperazine rings is 1. The summed E-state index contributed by atoms with van der Waals surface area (Å²) < 4.78 is 78.0. The lowest BCUT2D eigenvalue weighted by Gasteiger charge is -2.31. The zero-order chi connectivity index (χ0) is 23.8. The lowest BCUT2D eigenvalue weighted by Crippen LogP contribution is -2.44. The van der Waals surface area contributed by atoms with E-state index in [0.717, 1.165) is 12.1 Å². The van der Waals surface area contributed by atoms with Crippen molar-refractivity contribution in [3.8, 4) is 22.4 Å². The topological polar surface area (TPSA) is 101 Å². The molecule has 0 bridgehead atoms. The summed E-state index contributed by atoms with van der Waals surface area (Å²) in [5.41, 5.74) is 0.877. The fourth-order valence-electron chi connectivity index (χ4n) is 3.57. The molecular weight excluding hydrogens is 498 g/mol. The van der Waals surface area contributed by atoms with Gasteiger partial charge in [-0.3, -0.25) is 0 Å². The Balaban J connectivity index is 0.00000324. The Hall–Kier alpha value is -2.80. The highest BCUT2D eigenvalue weighted by Gasteiger charge is 2.37. The monoisotopic (exact) mass is 517 g/mol. The predicted molar refractivity (Wildman–Crippen MR) is 122 cm³/mol. The van der Waals surface area contributed by atoms with Gasteiger partial charge in [-0.2, -0.15) is 13.2 Å². The molecule has 13 heteroatoms. The third-order valence-corrected chi connectivity index (χ3v) is 6.08. The summed E-state index contributed by atoms with van der Waals surface area (Å²) in [6.45, 7) is 1.89. The predicted octanol–water partition coefficient (Wildman–Crippen LogP) is 3.45. The number of halogens is 5. The first kappa shape index (κ1) is 25.8. The van der Waals surface area contributed by atoms with Crippen molar-refractivity contribution in [2.45, 2.75) is 11.1 Å². The van der Waals surface area contributed by atoms with Crippen LogP contribution in [0.3, 0.4) is 0 Å². The lowest BCUT2D eigenvalue weighted by atomic mass is 9.98. The van der Waals surface area contributed by atoms with Crippen molar-refractivity contribution in [1.29, 1.82) is 0 Å². The van der Waals surface area contributed by atoms with E-state index >= 15 is 0 Å². The molecule has 2 aromatic carbocycles. The number of nitrogens with one attached hydrogen (secondary N) is 1. The van der Waals surface area contributed by atoms with Gasteiger partial charge in [-0.15, -0.1) is 12.4 Å². The van der Waals surface area contributed by atoms with Crippen molar-refractivity contribution in [2.24, 2.45) is 5.14 Å². The minimum absolute atomic E-state index is 0. The minimum atomic E-state index is -4.81. The first-order chi connectivity index (χ1) is 15.5. The molecule has 0 saturated carbocycles. The van der Waals surface area contributed by atoms with Gasteiger partial charge < -0.3 is 10.2 Å². The Morgan fingerprint density at radius 2 is 1.47 bits per heavy atom. The van der Waals surface area contributed by atoms with E-state index in [1.165, 1.54) is 36.4 Å². The molecule has 0 aliphatic carbocycles. The molecule has 0 radical (unpaired) electrons. The molecule has 0 atom stereocenters. The van der Waals surface area contributed by atoms with Crippen LogP contribution in [0.2, 0.25) is 0 Å². The maximum absolute atomic E-state index is 13.7. The highest BCUT2D eigenvalue weighted by molar-refractivity contribution is 7.89. The number of hydrogen-bond donors (Lipinski definition) is 2. The summed E-state index contributed by atoms with van der Waals surface area (Å²) in [7, 11) is -3.97. The number of anilines is 1. The van der Waals surface area contributed by atoms with Gasteiger partial charge in [0.2, 0.25) is 15.8 Å². The SMILES string of the molecule is Cl.NS(=O)(=O)c1ccc(-c2c(-c3ccc(F)cc3)nc(C(F)(F)F)nc2N2CCNCC2)cc1. The van der Waals surface area contributed by atoms with Crippen molar-refractivity contribution in [3.05, 3.63) is 60.2 Å². The number of primary sulfonamides is 1. The maximum Gasteiger partial charge on any atom is 0.451 e. The Morgan fingerprint density at radius 3 is 2.00 bits per heavy atom. The number of rotatable bonds is 4. The van der Waals surface area contributed by atoms with E-state index in [-0.39, 0.29) is 39.9 Å². The van der Waals surface area contributed by atoms with Gasteiger partial charge >= 0.3 is 6.18 Å². The van der Waals surface area contributed by atoms with Gasteiger partial charge in [0.25, 0.3) is 0 Å². The summed E-state index contributed by atoms with van der Waals surface area (Å²) in [6.07, 6.45) is -4.81. The van der Waals surface area contributed by atoms with E-state index in [2.05, 4.69) is 15.3 Å². The third-order valence-electron chi connectivity index (χ3n) is 5.15. The van der Waals surface area contributed by atoms with Gasteiger partial charge in [-0.05, 0) is 42.0 Å². The smallest absolute Gasteiger partial charge is 0.353 e. The molecule has 1 aromatic heterocycles. The van der Waals surface area contributed by atoms with Gasteiger partial charge in [0.15, 0.2) is 0 Å². The molecule has 0 amide bonds. The number of alkyl halides is 3. The molecule has 3 aromatic rings. The van der Waals surface area contributed by atoms with Crippen molar-refractivity contribution in [3.63, 3.8) is 0 Å². The van der Waals surface area contributed by atoms with Gasteiger partial charge in [-0.1, -0.05) is 12.1 Å².